The van der Waals surface area contributed by atoms with E-state index < -0.39 is 0 Å². The summed E-state index contributed by atoms with van der Waals surface area (Å²) in [5, 5.41) is 9.81. The Balaban J connectivity index is 2.38. The second kappa shape index (κ2) is 5.80. The van der Waals surface area contributed by atoms with Crippen LogP contribution in [0.3, 0.4) is 0 Å². The Bertz CT molecular complexity index is 584. The minimum Gasteiger partial charge on any atom is -0.507 e. The van der Waals surface area contributed by atoms with Crippen LogP contribution < -0.4 is 0 Å². The zero-order valence-corrected chi connectivity index (χ0v) is 14.2. The molecule has 0 radical (unpaired) electrons. The highest BCUT2D eigenvalue weighted by Crippen LogP contribution is 2.35. The summed E-state index contributed by atoms with van der Waals surface area (Å²) in [6, 6.07) is 5.31. The molecule has 1 aromatic rings. The third kappa shape index (κ3) is 3.11. The van der Waals surface area contributed by atoms with Gasteiger partial charge in [-0.15, -0.1) is 0 Å². The summed E-state index contributed by atoms with van der Waals surface area (Å²) in [5.74, 6) is 0.0680. The number of carbonyl (C=O) groups is 1. The Hall–Kier alpha value is -0.600. The molecule has 1 heterocycles. The van der Waals surface area contributed by atoms with Crippen molar-refractivity contribution in [2.24, 2.45) is 0 Å². The van der Waals surface area contributed by atoms with Gasteiger partial charge in [0.25, 0.3) is 5.91 Å². The summed E-state index contributed by atoms with van der Waals surface area (Å²) in [6.07, 6.45) is 1.69. The first-order valence-corrected chi connectivity index (χ1v) is 7.96. The van der Waals surface area contributed by atoms with Gasteiger partial charge in [-0.2, -0.15) is 0 Å². The molecule has 6 heteroatoms. The standard InChI is InChI=1S/C13H12INO2S2/c1-7(2)15-12(17)11(19-13(15)18)6-8-5-9(14)3-4-10(8)16/h3-7,16H,1-2H3. The highest BCUT2D eigenvalue weighted by molar-refractivity contribution is 14.1. The number of phenolic OH excluding ortho intramolecular Hbond substituents is 1. The lowest BCUT2D eigenvalue weighted by atomic mass is 10.2. The van der Waals surface area contributed by atoms with E-state index in [2.05, 4.69) is 22.6 Å². The largest absolute Gasteiger partial charge is 0.507 e. The van der Waals surface area contributed by atoms with E-state index in [0.717, 1.165) is 3.57 Å². The maximum absolute atomic E-state index is 12.2. The molecule has 1 N–H and O–H groups in total. The van der Waals surface area contributed by atoms with Crippen molar-refractivity contribution in [3.05, 3.63) is 32.2 Å². The molecule has 100 valence electrons. The third-order valence-electron chi connectivity index (χ3n) is 2.62. The van der Waals surface area contributed by atoms with Gasteiger partial charge in [0.1, 0.15) is 10.1 Å². The third-order valence-corrected chi connectivity index (χ3v) is 4.62. The van der Waals surface area contributed by atoms with Gasteiger partial charge in [-0.25, -0.2) is 0 Å². The van der Waals surface area contributed by atoms with Crippen LogP contribution in [0.15, 0.2) is 23.1 Å². The van der Waals surface area contributed by atoms with Gasteiger partial charge in [0, 0.05) is 15.2 Å². The topological polar surface area (TPSA) is 40.5 Å². The molecule has 0 bridgehead atoms. The summed E-state index contributed by atoms with van der Waals surface area (Å²) in [7, 11) is 0. The first-order valence-electron chi connectivity index (χ1n) is 5.65. The Morgan fingerprint density at radius 1 is 1.47 bits per heavy atom. The lowest BCUT2D eigenvalue weighted by Crippen LogP contribution is -2.34. The number of aromatic hydroxyl groups is 1. The zero-order chi connectivity index (χ0) is 14.2. The van der Waals surface area contributed by atoms with E-state index in [1.807, 2.05) is 26.0 Å². The molecule has 19 heavy (non-hydrogen) atoms. The van der Waals surface area contributed by atoms with E-state index in [-0.39, 0.29) is 17.7 Å². The average Bonchev–Trinajstić information content (AvgIpc) is 2.59. The van der Waals surface area contributed by atoms with Gasteiger partial charge in [-0.1, -0.05) is 24.0 Å². The summed E-state index contributed by atoms with van der Waals surface area (Å²) in [4.78, 5) is 14.4. The predicted molar refractivity (Wildman–Crippen MR) is 91.0 cm³/mol. The SMILES string of the molecule is CC(C)N1C(=O)C(=Cc2cc(I)ccc2O)SC1=S. The Morgan fingerprint density at radius 3 is 2.74 bits per heavy atom. The first kappa shape index (κ1) is 14.8. The van der Waals surface area contributed by atoms with E-state index in [0.29, 0.717) is 14.8 Å². The number of hydrogen-bond donors (Lipinski definition) is 1. The second-order valence-electron chi connectivity index (χ2n) is 4.35. The zero-order valence-electron chi connectivity index (χ0n) is 10.4. The summed E-state index contributed by atoms with van der Waals surface area (Å²) < 4.78 is 1.57. The molecule has 0 atom stereocenters. The molecule has 1 aromatic carbocycles. The number of amides is 1. The van der Waals surface area contributed by atoms with Gasteiger partial charge in [0.05, 0.1) is 4.91 Å². The summed E-state index contributed by atoms with van der Waals surface area (Å²) in [5.41, 5.74) is 0.635. The number of carbonyl (C=O) groups excluding carboxylic acids is 1. The van der Waals surface area contributed by atoms with Crippen LogP contribution in [0.5, 0.6) is 5.75 Å². The molecule has 0 saturated carbocycles. The van der Waals surface area contributed by atoms with E-state index in [4.69, 9.17) is 12.2 Å². The number of rotatable bonds is 2. The van der Waals surface area contributed by atoms with Crippen LogP contribution in [0.1, 0.15) is 19.4 Å². The highest BCUT2D eigenvalue weighted by atomic mass is 127. The number of nitrogens with zero attached hydrogens (tertiary/aromatic N) is 1. The lowest BCUT2D eigenvalue weighted by molar-refractivity contribution is -0.123. The van der Waals surface area contributed by atoms with Gasteiger partial charge in [0.2, 0.25) is 0 Å². The molecule has 1 fully saturated rings. The summed E-state index contributed by atoms with van der Waals surface area (Å²) in [6.45, 7) is 3.85. The van der Waals surface area contributed by atoms with E-state index in [9.17, 15) is 9.90 Å². The van der Waals surface area contributed by atoms with Crippen LogP contribution in [0, 0.1) is 3.57 Å². The van der Waals surface area contributed by atoms with Crippen molar-refractivity contribution in [1.82, 2.24) is 4.90 Å². The second-order valence-corrected chi connectivity index (χ2v) is 7.27. The van der Waals surface area contributed by atoms with Crippen molar-refractivity contribution >= 4 is 62.9 Å². The van der Waals surface area contributed by atoms with Crippen molar-refractivity contribution in [2.75, 3.05) is 0 Å². The van der Waals surface area contributed by atoms with E-state index >= 15 is 0 Å². The lowest BCUT2D eigenvalue weighted by Gasteiger charge is -2.18. The number of thioether (sulfide) groups is 1. The van der Waals surface area contributed by atoms with Crippen molar-refractivity contribution in [2.45, 2.75) is 19.9 Å². The molecule has 1 aliphatic rings. The van der Waals surface area contributed by atoms with Crippen LogP contribution in [-0.2, 0) is 4.79 Å². The highest BCUT2D eigenvalue weighted by Gasteiger charge is 2.33. The molecular weight excluding hydrogens is 393 g/mol. The summed E-state index contributed by atoms with van der Waals surface area (Å²) >= 11 is 8.65. The van der Waals surface area contributed by atoms with Crippen molar-refractivity contribution < 1.29 is 9.90 Å². The van der Waals surface area contributed by atoms with Crippen LogP contribution in [-0.4, -0.2) is 26.3 Å². The van der Waals surface area contributed by atoms with Crippen LogP contribution in [0.25, 0.3) is 6.08 Å². The molecule has 0 spiro atoms. The molecular formula is C13H12INO2S2. The smallest absolute Gasteiger partial charge is 0.266 e. The maximum atomic E-state index is 12.2. The maximum Gasteiger partial charge on any atom is 0.266 e. The Morgan fingerprint density at radius 2 is 2.16 bits per heavy atom. The van der Waals surface area contributed by atoms with Gasteiger partial charge >= 0.3 is 0 Å². The normalized spacial score (nSPS) is 17.9. The van der Waals surface area contributed by atoms with Gasteiger partial charge in [-0.05, 0) is 60.7 Å². The Kier molecular flexibility index (Phi) is 4.52. The first-order chi connectivity index (χ1) is 8.90. The molecule has 1 aliphatic heterocycles. The number of thiocarbonyl (C=S) groups is 1. The molecule has 0 unspecified atom stereocenters. The quantitative estimate of drug-likeness (QED) is 0.464. The molecule has 0 aromatic heterocycles. The molecule has 3 nitrogen and oxygen atoms in total. The molecule has 1 saturated heterocycles. The molecule has 2 rings (SSSR count). The van der Waals surface area contributed by atoms with Crippen molar-refractivity contribution in [3.8, 4) is 5.75 Å². The van der Waals surface area contributed by atoms with Crippen LogP contribution in [0.2, 0.25) is 0 Å². The molecule has 0 aliphatic carbocycles. The van der Waals surface area contributed by atoms with E-state index in [1.165, 1.54) is 11.8 Å². The number of phenols is 1. The Labute approximate surface area is 135 Å². The number of hydrogen-bond acceptors (Lipinski definition) is 4. The van der Waals surface area contributed by atoms with Gasteiger partial charge < -0.3 is 5.11 Å². The fourth-order valence-electron chi connectivity index (χ4n) is 1.71. The minimum atomic E-state index is -0.0942. The van der Waals surface area contributed by atoms with Crippen molar-refractivity contribution in [3.63, 3.8) is 0 Å². The van der Waals surface area contributed by atoms with Gasteiger partial charge in [-0.3, -0.25) is 9.69 Å². The average molecular weight is 405 g/mol. The predicted octanol–water partition coefficient (Wildman–Crippen LogP) is 3.61. The van der Waals surface area contributed by atoms with Crippen LogP contribution >= 0.6 is 46.6 Å². The van der Waals surface area contributed by atoms with Crippen LogP contribution in [0.4, 0.5) is 0 Å². The fourth-order valence-corrected chi connectivity index (χ4v) is 3.74. The van der Waals surface area contributed by atoms with E-state index in [1.54, 1.807) is 17.0 Å². The number of benzene rings is 1. The molecule has 1 amide bonds. The minimum absolute atomic E-state index is 0.0444. The van der Waals surface area contributed by atoms with Gasteiger partial charge in [0.15, 0.2) is 0 Å². The number of halogens is 1. The monoisotopic (exact) mass is 405 g/mol. The van der Waals surface area contributed by atoms with Crippen molar-refractivity contribution in [1.29, 1.82) is 0 Å². The fraction of sp³-hybridized carbons (Fsp3) is 0.231.